The molecule has 23 heavy (non-hydrogen) atoms. The van der Waals surface area contributed by atoms with Gasteiger partial charge in [0.05, 0.1) is 40.7 Å². The van der Waals surface area contributed by atoms with Gasteiger partial charge in [0.1, 0.15) is 0 Å². The predicted molar refractivity (Wildman–Crippen MR) is 88.8 cm³/mol. The van der Waals surface area contributed by atoms with E-state index in [1.807, 2.05) is 25.1 Å². The minimum absolute atomic E-state index is 0.00895. The monoisotopic (exact) mass is 319 g/mol. The minimum atomic E-state index is -0.190. The van der Waals surface area contributed by atoms with Crippen molar-refractivity contribution in [1.82, 2.24) is 0 Å². The lowest BCUT2D eigenvalue weighted by Gasteiger charge is -2.32. The van der Waals surface area contributed by atoms with Gasteiger partial charge in [-0.25, -0.2) is 0 Å². The topological polar surface area (TPSA) is 67.9 Å². The quantitative estimate of drug-likeness (QED) is 0.850. The Hall–Kier alpha value is -2.76. The van der Waals surface area contributed by atoms with Crippen LogP contribution in [-0.4, -0.2) is 11.2 Å². The Bertz CT molecular complexity index is 863. The van der Waals surface area contributed by atoms with Crippen LogP contribution in [0.5, 0.6) is 0 Å². The average Bonchev–Trinajstić information content (AvgIpc) is 2.59. The molecule has 3 rings (SSSR count). The van der Waals surface area contributed by atoms with E-state index < -0.39 is 0 Å². The van der Waals surface area contributed by atoms with E-state index in [0.29, 0.717) is 17.7 Å². The van der Waals surface area contributed by atoms with Crippen molar-refractivity contribution in [2.45, 2.75) is 23.6 Å². The number of hydrogen-bond donors (Lipinski definition) is 0. The Balaban J connectivity index is 2.06. The maximum absolute atomic E-state index is 12.6. The number of anilines is 1. The van der Waals surface area contributed by atoms with Crippen molar-refractivity contribution in [2.75, 3.05) is 4.90 Å². The van der Waals surface area contributed by atoms with E-state index in [9.17, 15) is 10.1 Å². The zero-order chi connectivity index (χ0) is 16.4. The molecule has 1 atom stereocenters. The van der Waals surface area contributed by atoms with Gasteiger partial charge in [-0.2, -0.15) is 10.5 Å². The highest BCUT2D eigenvalue weighted by atomic mass is 32.2. The van der Waals surface area contributed by atoms with Gasteiger partial charge in [-0.1, -0.05) is 18.2 Å². The molecule has 1 unspecified atom stereocenters. The standard InChI is InChI=1S/C18H13N3OS/c1-12-18(22)21(11-15-5-3-2-4-14(15)10-20)16-8-13(9-19)6-7-17(16)23-12/h2-8,12H,11H2,1H3. The second kappa shape index (κ2) is 6.16. The molecule has 0 spiro atoms. The lowest BCUT2D eigenvalue weighted by molar-refractivity contribution is -0.118. The van der Waals surface area contributed by atoms with Crippen LogP contribution in [0.1, 0.15) is 23.6 Å². The number of nitriles is 2. The van der Waals surface area contributed by atoms with E-state index in [2.05, 4.69) is 12.1 Å². The van der Waals surface area contributed by atoms with Crippen molar-refractivity contribution in [3.8, 4) is 12.1 Å². The lowest BCUT2D eigenvalue weighted by atomic mass is 10.1. The molecule has 0 saturated heterocycles. The minimum Gasteiger partial charge on any atom is -0.306 e. The van der Waals surface area contributed by atoms with Gasteiger partial charge in [0.2, 0.25) is 5.91 Å². The molecule has 2 aromatic carbocycles. The summed E-state index contributed by atoms with van der Waals surface area (Å²) in [5.41, 5.74) is 2.62. The summed E-state index contributed by atoms with van der Waals surface area (Å²) >= 11 is 1.50. The van der Waals surface area contributed by atoms with Crippen molar-refractivity contribution < 1.29 is 4.79 Å². The Morgan fingerprint density at radius 1 is 1.17 bits per heavy atom. The molecule has 1 aliphatic heterocycles. The molecule has 4 nitrogen and oxygen atoms in total. The highest BCUT2D eigenvalue weighted by molar-refractivity contribution is 8.00. The number of carbonyl (C=O) groups is 1. The van der Waals surface area contributed by atoms with Crippen LogP contribution in [0.15, 0.2) is 47.4 Å². The van der Waals surface area contributed by atoms with E-state index in [0.717, 1.165) is 16.1 Å². The molecule has 5 heteroatoms. The van der Waals surface area contributed by atoms with E-state index in [1.54, 1.807) is 29.2 Å². The summed E-state index contributed by atoms with van der Waals surface area (Å²) in [7, 11) is 0. The third kappa shape index (κ3) is 2.79. The second-order valence-corrected chi connectivity index (χ2v) is 6.63. The van der Waals surface area contributed by atoms with Gasteiger partial charge < -0.3 is 4.90 Å². The lowest BCUT2D eigenvalue weighted by Crippen LogP contribution is -2.39. The Morgan fingerprint density at radius 2 is 1.96 bits per heavy atom. The zero-order valence-electron chi connectivity index (χ0n) is 12.5. The van der Waals surface area contributed by atoms with Crippen molar-refractivity contribution >= 4 is 23.4 Å². The number of carbonyl (C=O) groups excluding carboxylic acids is 1. The molecule has 0 saturated carbocycles. The molecular weight excluding hydrogens is 306 g/mol. The summed E-state index contributed by atoms with van der Waals surface area (Å²) in [5, 5.41) is 18.2. The SMILES string of the molecule is CC1Sc2ccc(C#N)cc2N(Cc2ccccc2C#N)C1=O. The van der Waals surface area contributed by atoms with Gasteiger partial charge in [0.15, 0.2) is 0 Å². The molecule has 1 aliphatic rings. The number of thioether (sulfide) groups is 1. The number of nitrogens with zero attached hydrogens (tertiary/aromatic N) is 3. The van der Waals surface area contributed by atoms with Gasteiger partial charge in [-0.05, 0) is 36.8 Å². The molecule has 1 heterocycles. The van der Waals surface area contributed by atoms with E-state index in [4.69, 9.17) is 5.26 Å². The van der Waals surface area contributed by atoms with E-state index in [1.165, 1.54) is 11.8 Å². The summed E-state index contributed by atoms with van der Waals surface area (Å²) in [4.78, 5) is 15.3. The van der Waals surface area contributed by atoms with E-state index in [-0.39, 0.29) is 11.2 Å². The average molecular weight is 319 g/mol. The summed E-state index contributed by atoms with van der Waals surface area (Å²) < 4.78 is 0. The molecule has 0 radical (unpaired) electrons. The number of hydrogen-bond acceptors (Lipinski definition) is 4. The van der Waals surface area contributed by atoms with Gasteiger partial charge in [0, 0.05) is 4.90 Å². The van der Waals surface area contributed by atoms with Crippen molar-refractivity contribution in [3.05, 3.63) is 59.2 Å². The molecular formula is C18H13N3OS. The first-order valence-electron chi connectivity index (χ1n) is 7.14. The third-order valence-electron chi connectivity index (χ3n) is 3.76. The smallest absolute Gasteiger partial charge is 0.240 e. The molecule has 0 fully saturated rings. The highest BCUT2D eigenvalue weighted by Gasteiger charge is 2.31. The fraction of sp³-hybridized carbons (Fsp3) is 0.167. The molecule has 2 aromatic rings. The third-order valence-corrected chi connectivity index (χ3v) is 4.92. The Morgan fingerprint density at radius 3 is 2.70 bits per heavy atom. The van der Waals surface area contributed by atoms with Crippen LogP contribution < -0.4 is 4.90 Å². The summed E-state index contributed by atoms with van der Waals surface area (Å²) in [5.74, 6) is -0.00895. The summed E-state index contributed by atoms with van der Waals surface area (Å²) in [6, 6.07) is 16.9. The summed E-state index contributed by atoms with van der Waals surface area (Å²) in [6.45, 7) is 2.20. The number of fused-ring (bicyclic) bond motifs is 1. The highest BCUT2D eigenvalue weighted by Crippen LogP contribution is 2.40. The second-order valence-electron chi connectivity index (χ2n) is 5.25. The van der Waals surface area contributed by atoms with Gasteiger partial charge in [0.25, 0.3) is 0 Å². The zero-order valence-corrected chi connectivity index (χ0v) is 13.3. The first-order chi connectivity index (χ1) is 11.1. The molecule has 0 N–H and O–H groups in total. The van der Waals surface area contributed by atoms with Crippen LogP contribution in [0.25, 0.3) is 0 Å². The fourth-order valence-electron chi connectivity index (χ4n) is 2.58. The first-order valence-corrected chi connectivity index (χ1v) is 8.02. The molecule has 0 bridgehead atoms. The van der Waals surface area contributed by atoms with Crippen LogP contribution in [-0.2, 0) is 11.3 Å². The molecule has 0 aliphatic carbocycles. The molecule has 1 amide bonds. The van der Waals surface area contributed by atoms with Crippen molar-refractivity contribution in [1.29, 1.82) is 10.5 Å². The Kier molecular flexibility index (Phi) is 4.06. The van der Waals surface area contributed by atoms with Crippen LogP contribution >= 0.6 is 11.8 Å². The number of rotatable bonds is 2. The Labute approximate surface area is 139 Å². The fourth-order valence-corrected chi connectivity index (χ4v) is 3.62. The van der Waals surface area contributed by atoms with Crippen LogP contribution in [0.4, 0.5) is 5.69 Å². The van der Waals surface area contributed by atoms with Gasteiger partial charge in [-0.3, -0.25) is 4.79 Å². The first kappa shape index (κ1) is 15.1. The van der Waals surface area contributed by atoms with Crippen molar-refractivity contribution in [2.24, 2.45) is 0 Å². The number of benzene rings is 2. The molecule has 0 aromatic heterocycles. The number of amides is 1. The van der Waals surface area contributed by atoms with E-state index >= 15 is 0 Å². The van der Waals surface area contributed by atoms with Crippen molar-refractivity contribution in [3.63, 3.8) is 0 Å². The molecule has 112 valence electrons. The van der Waals surface area contributed by atoms with Gasteiger partial charge >= 0.3 is 0 Å². The van der Waals surface area contributed by atoms with Crippen LogP contribution in [0.3, 0.4) is 0 Å². The normalized spacial score (nSPS) is 16.4. The summed E-state index contributed by atoms with van der Waals surface area (Å²) in [6.07, 6.45) is 0. The largest absolute Gasteiger partial charge is 0.306 e. The van der Waals surface area contributed by atoms with Crippen LogP contribution in [0.2, 0.25) is 0 Å². The van der Waals surface area contributed by atoms with Gasteiger partial charge in [-0.15, -0.1) is 11.8 Å². The maximum atomic E-state index is 12.6. The van der Waals surface area contributed by atoms with Crippen LogP contribution in [0, 0.1) is 22.7 Å². The maximum Gasteiger partial charge on any atom is 0.240 e. The predicted octanol–water partition coefficient (Wildman–Crippen LogP) is 3.46.